The van der Waals surface area contributed by atoms with Gasteiger partial charge >= 0.3 is 0 Å². The number of benzene rings is 1. The summed E-state index contributed by atoms with van der Waals surface area (Å²) in [4.78, 5) is 37.4. The largest absolute Gasteiger partial charge is 0.337 e. The standard InChI is InChI=1S/C27H23FN4O2S/c28-24-4-2-1-3-22(24)23-15-20-17-31(26(33)18-35-21-7-12-30-13-8-21)14-9-25(20)32(27(23)34)16-19-5-10-29-11-6-19/h1-8,10-13,15H,9,14,16-18H2. The maximum absolute atomic E-state index is 14.7. The summed E-state index contributed by atoms with van der Waals surface area (Å²) >= 11 is 1.47. The van der Waals surface area contributed by atoms with Crippen LogP contribution in [0.15, 0.2) is 89.1 Å². The van der Waals surface area contributed by atoms with Crippen LogP contribution in [0.2, 0.25) is 0 Å². The van der Waals surface area contributed by atoms with E-state index in [1.54, 1.807) is 53.6 Å². The van der Waals surface area contributed by atoms with Gasteiger partial charge in [0, 0.05) is 60.5 Å². The number of fused-ring (bicyclic) bond motifs is 1. The molecule has 5 rings (SSSR count). The molecule has 0 fully saturated rings. The molecule has 0 unspecified atom stereocenters. The highest BCUT2D eigenvalue weighted by Crippen LogP contribution is 2.27. The molecule has 6 nitrogen and oxygen atoms in total. The van der Waals surface area contributed by atoms with Crippen LogP contribution in [0.4, 0.5) is 4.39 Å². The minimum atomic E-state index is -0.447. The van der Waals surface area contributed by atoms with Crippen molar-refractivity contribution in [2.24, 2.45) is 0 Å². The molecule has 1 aliphatic heterocycles. The molecule has 0 N–H and O–H groups in total. The van der Waals surface area contributed by atoms with Crippen LogP contribution in [0.1, 0.15) is 16.8 Å². The maximum atomic E-state index is 14.7. The number of carbonyl (C=O) groups is 1. The van der Waals surface area contributed by atoms with E-state index in [9.17, 15) is 14.0 Å². The molecule has 0 radical (unpaired) electrons. The third-order valence-electron chi connectivity index (χ3n) is 6.09. The van der Waals surface area contributed by atoms with Gasteiger partial charge in [0.05, 0.1) is 17.9 Å². The van der Waals surface area contributed by atoms with Gasteiger partial charge in [0.2, 0.25) is 5.91 Å². The van der Waals surface area contributed by atoms with Crippen LogP contribution in [0.5, 0.6) is 0 Å². The molecule has 4 aromatic rings. The highest BCUT2D eigenvalue weighted by Gasteiger charge is 2.26. The summed E-state index contributed by atoms with van der Waals surface area (Å²) in [6.07, 6.45) is 7.34. The number of carbonyl (C=O) groups excluding carboxylic acids is 1. The van der Waals surface area contributed by atoms with Crippen LogP contribution in [0.3, 0.4) is 0 Å². The Balaban J connectivity index is 1.48. The molecular weight excluding hydrogens is 463 g/mol. The summed E-state index contributed by atoms with van der Waals surface area (Å²) in [5.41, 5.74) is 3.01. The topological polar surface area (TPSA) is 68.1 Å². The van der Waals surface area contributed by atoms with Gasteiger partial charge in [-0.2, -0.15) is 0 Å². The van der Waals surface area contributed by atoms with Crippen molar-refractivity contribution >= 4 is 17.7 Å². The zero-order chi connectivity index (χ0) is 24.2. The lowest BCUT2D eigenvalue weighted by atomic mass is 9.98. The fraction of sp³-hybridized carbons (Fsp3) is 0.185. The summed E-state index contributed by atoms with van der Waals surface area (Å²) in [6.45, 7) is 1.26. The van der Waals surface area contributed by atoms with E-state index in [-0.39, 0.29) is 17.0 Å². The van der Waals surface area contributed by atoms with E-state index in [0.717, 1.165) is 21.7 Å². The first-order valence-corrected chi connectivity index (χ1v) is 12.3. The van der Waals surface area contributed by atoms with Crippen molar-refractivity contribution in [1.82, 2.24) is 19.4 Å². The van der Waals surface area contributed by atoms with E-state index < -0.39 is 5.82 Å². The van der Waals surface area contributed by atoms with Crippen molar-refractivity contribution in [1.29, 1.82) is 0 Å². The van der Waals surface area contributed by atoms with Gasteiger partial charge in [0.1, 0.15) is 5.82 Å². The molecule has 0 atom stereocenters. The first kappa shape index (κ1) is 23.0. The Hall–Kier alpha value is -3.78. The average molecular weight is 487 g/mol. The maximum Gasteiger partial charge on any atom is 0.259 e. The molecule has 0 aliphatic carbocycles. The van der Waals surface area contributed by atoms with Gasteiger partial charge in [-0.3, -0.25) is 19.6 Å². The molecule has 4 heterocycles. The SMILES string of the molecule is O=C(CSc1ccncc1)N1CCc2c(cc(-c3ccccc3F)c(=O)n2Cc2ccncc2)C1. The number of aromatic nitrogens is 3. The number of hydrogen-bond donors (Lipinski definition) is 0. The van der Waals surface area contributed by atoms with E-state index in [0.29, 0.717) is 37.4 Å². The van der Waals surface area contributed by atoms with Gasteiger partial charge in [0.15, 0.2) is 0 Å². The number of hydrogen-bond acceptors (Lipinski definition) is 5. The van der Waals surface area contributed by atoms with Gasteiger partial charge in [-0.15, -0.1) is 11.8 Å². The lowest BCUT2D eigenvalue weighted by Gasteiger charge is -2.31. The van der Waals surface area contributed by atoms with E-state index in [1.165, 1.54) is 17.8 Å². The van der Waals surface area contributed by atoms with Crippen LogP contribution in [0.25, 0.3) is 11.1 Å². The Kier molecular flexibility index (Phi) is 6.72. The normalized spacial score (nSPS) is 12.9. The monoisotopic (exact) mass is 486 g/mol. The Morgan fingerprint density at radius 1 is 0.971 bits per heavy atom. The summed E-state index contributed by atoms with van der Waals surface area (Å²) in [5.74, 6) is -0.106. The van der Waals surface area contributed by atoms with Gasteiger partial charge in [-0.05, 0) is 47.5 Å². The minimum Gasteiger partial charge on any atom is -0.337 e. The summed E-state index contributed by atoms with van der Waals surface area (Å²) in [6, 6.07) is 15.5. The molecule has 1 aromatic carbocycles. The molecule has 8 heteroatoms. The Labute approximate surface area is 206 Å². The summed E-state index contributed by atoms with van der Waals surface area (Å²) in [7, 11) is 0. The second kappa shape index (κ2) is 10.2. The third kappa shape index (κ3) is 5.02. The van der Waals surface area contributed by atoms with Crippen LogP contribution in [-0.4, -0.2) is 37.6 Å². The Morgan fingerprint density at radius 2 is 1.69 bits per heavy atom. The van der Waals surface area contributed by atoms with Crippen molar-refractivity contribution in [2.45, 2.75) is 24.4 Å². The van der Waals surface area contributed by atoms with Crippen molar-refractivity contribution in [2.75, 3.05) is 12.3 Å². The highest BCUT2D eigenvalue weighted by molar-refractivity contribution is 8.00. The van der Waals surface area contributed by atoms with Crippen molar-refractivity contribution in [3.63, 3.8) is 0 Å². The number of nitrogens with zero attached hydrogens (tertiary/aromatic N) is 4. The summed E-state index contributed by atoms with van der Waals surface area (Å²) in [5, 5.41) is 0. The van der Waals surface area contributed by atoms with Crippen molar-refractivity contribution < 1.29 is 9.18 Å². The van der Waals surface area contributed by atoms with Crippen LogP contribution in [-0.2, 0) is 24.3 Å². The van der Waals surface area contributed by atoms with E-state index in [4.69, 9.17) is 0 Å². The molecule has 176 valence electrons. The number of pyridine rings is 3. The lowest BCUT2D eigenvalue weighted by molar-refractivity contribution is -0.129. The molecule has 0 saturated heterocycles. The van der Waals surface area contributed by atoms with E-state index in [1.807, 2.05) is 29.2 Å². The fourth-order valence-corrected chi connectivity index (χ4v) is 5.10. The van der Waals surface area contributed by atoms with Gasteiger partial charge in [-0.1, -0.05) is 18.2 Å². The van der Waals surface area contributed by atoms with Crippen LogP contribution in [0, 0.1) is 5.82 Å². The van der Waals surface area contributed by atoms with Gasteiger partial charge in [0.25, 0.3) is 5.56 Å². The lowest BCUT2D eigenvalue weighted by Crippen LogP contribution is -2.40. The molecule has 0 bridgehead atoms. The number of thioether (sulfide) groups is 1. The number of amides is 1. The highest BCUT2D eigenvalue weighted by atomic mass is 32.2. The van der Waals surface area contributed by atoms with Crippen molar-refractivity contribution in [3.05, 3.63) is 112 Å². The molecule has 3 aromatic heterocycles. The predicted octanol–water partition coefficient (Wildman–Crippen LogP) is 4.17. The van der Waals surface area contributed by atoms with Crippen LogP contribution < -0.4 is 5.56 Å². The molecule has 1 amide bonds. The van der Waals surface area contributed by atoms with E-state index >= 15 is 0 Å². The van der Waals surface area contributed by atoms with Gasteiger partial charge in [-0.25, -0.2) is 4.39 Å². The number of halogens is 1. The van der Waals surface area contributed by atoms with Gasteiger partial charge < -0.3 is 9.47 Å². The Morgan fingerprint density at radius 3 is 2.43 bits per heavy atom. The second-order valence-electron chi connectivity index (χ2n) is 8.29. The number of rotatable bonds is 6. The zero-order valence-corrected chi connectivity index (χ0v) is 19.7. The fourth-order valence-electron chi connectivity index (χ4n) is 4.31. The van der Waals surface area contributed by atoms with Crippen LogP contribution >= 0.6 is 11.8 Å². The third-order valence-corrected chi connectivity index (χ3v) is 7.09. The predicted molar refractivity (Wildman–Crippen MR) is 134 cm³/mol. The average Bonchev–Trinajstić information content (AvgIpc) is 2.90. The quantitative estimate of drug-likeness (QED) is 0.383. The van der Waals surface area contributed by atoms with E-state index in [2.05, 4.69) is 9.97 Å². The minimum absolute atomic E-state index is 0.0248. The summed E-state index contributed by atoms with van der Waals surface area (Å²) < 4.78 is 16.4. The molecule has 1 aliphatic rings. The second-order valence-corrected chi connectivity index (χ2v) is 9.34. The van der Waals surface area contributed by atoms with Crippen molar-refractivity contribution in [3.8, 4) is 11.1 Å². The molecule has 0 saturated carbocycles. The smallest absolute Gasteiger partial charge is 0.259 e. The molecular formula is C27H23FN4O2S. The molecule has 35 heavy (non-hydrogen) atoms. The Bertz CT molecular complexity index is 1410. The molecule has 0 spiro atoms. The first-order chi connectivity index (χ1) is 17.1. The first-order valence-electron chi connectivity index (χ1n) is 11.3. The zero-order valence-electron chi connectivity index (χ0n) is 18.9.